The normalized spacial score (nSPS) is 23.0. The number of carbonyl (C=O) groups is 1. The zero-order valence-electron chi connectivity index (χ0n) is 14.5. The molecule has 132 valence electrons. The summed E-state index contributed by atoms with van der Waals surface area (Å²) in [4.78, 5) is 16.9. The fraction of sp³-hybridized carbons (Fsp3) is 0.632. The third kappa shape index (κ3) is 4.33. The van der Waals surface area contributed by atoms with E-state index < -0.39 is 0 Å². The van der Waals surface area contributed by atoms with Gasteiger partial charge in [0.05, 0.1) is 0 Å². The van der Waals surface area contributed by atoms with Crippen molar-refractivity contribution in [3.8, 4) is 0 Å². The Morgan fingerprint density at radius 1 is 1.29 bits per heavy atom. The van der Waals surface area contributed by atoms with Crippen molar-refractivity contribution in [3.63, 3.8) is 0 Å². The summed E-state index contributed by atoms with van der Waals surface area (Å²) in [6.07, 6.45) is 4.47. The van der Waals surface area contributed by atoms with Crippen molar-refractivity contribution >= 4 is 5.91 Å². The Bertz CT molecular complexity index is 559. The molecule has 0 bridgehead atoms. The molecule has 0 aliphatic carbocycles. The fourth-order valence-corrected chi connectivity index (χ4v) is 3.78. The van der Waals surface area contributed by atoms with Crippen LogP contribution in [-0.4, -0.2) is 54.0 Å². The van der Waals surface area contributed by atoms with Crippen LogP contribution in [-0.2, 0) is 11.3 Å². The minimum atomic E-state index is -0.265. The predicted molar refractivity (Wildman–Crippen MR) is 93.1 cm³/mol. The summed E-state index contributed by atoms with van der Waals surface area (Å²) in [5.41, 5.74) is 0.536. The number of piperidine rings is 1. The van der Waals surface area contributed by atoms with Gasteiger partial charge in [-0.05, 0) is 32.4 Å². The molecular weight excluding hydrogens is 305 g/mol. The van der Waals surface area contributed by atoms with Gasteiger partial charge in [0.25, 0.3) is 0 Å². The Morgan fingerprint density at radius 2 is 2.08 bits per heavy atom. The second kappa shape index (κ2) is 8.08. The molecule has 24 heavy (non-hydrogen) atoms. The van der Waals surface area contributed by atoms with E-state index in [2.05, 4.69) is 22.0 Å². The Morgan fingerprint density at radius 3 is 2.83 bits per heavy atom. The smallest absolute Gasteiger partial charge is 0.221 e. The topological polar surface area (TPSA) is 35.6 Å². The van der Waals surface area contributed by atoms with Gasteiger partial charge in [-0.25, -0.2) is 4.39 Å². The Balaban J connectivity index is 1.32. The molecule has 1 atom stereocenters. The third-order valence-corrected chi connectivity index (χ3v) is 5.35. The Hall–Kier alpha value is -1.46. The average Bonchev–Trinajstić information content (AvgIpc) is 2.54. The van der Waals surface area contributed by atoms with E-state index in [1.807, 2.05) is 0 Å². The molecule has 2 heterocycles. The molecule has 1 N–H and O–H groups in total. The second-order valence-electron chi connectivity index (χ2n) is 7.11. The SMILES string of the molecule is CC1CCCCN1C1CN(CCC(=O)NCc2ccccc2F)C1. The second-order valence-corrected chi connectivity index (χ2v) is 7.11. The minimum Gasteiger partial charge on any atom is -0.352 e. The molecule has 4 nitrogen and oxygen atoms in total. The van der Waals surface area contributed by atoms with Gasteiger partial charge in [-0.1, -0.05) is 24.6 Å². The summed E-state index contributed by atoms with van der Waals surface area (Å²) in [6.45, 7) is 6.76. The van der Waals surface area contributed by atoms with Crippen LogP contribution in [0.3, 0.4) is 0 Å². The van der Waals surface area contributed by atoms with Crippen molar-refractivity contribution in [3.05, 3.63) is 35.6 Å². The number of rotatable bonds is 6. The number of halogens is 1. The van der Waals surface area contributed by atoms with Gasteiger partial charge >= 0.3 is 0 Å². The first kappa shape index (κ1) is 17.4. The largest absolute Gasteiger partial charge is 0.352 e. The highest BCUT2D eigenvalue weighted by atomic mass is 19.1. The first-order chi connectivity index (χ1) is 11.6. The summed E-state index contributed by atoms with van der Waals surface area (Å²) < 4.78 is 13.5. The highest BCUT2D eigenvalue weighted by Crippen LogP contribution is 2.24. The van der Waals surface area contributed by atoms with E-state index in [9.17, 15) is 9.18 Å². The van der Waals surface area contributed by atoms with Gasteiger partial charge in [-0.2, -0.15) is 0 Å². The summed E-state index contributed by atoms with van der Waals surface area (Å²) in [7, 11) is 0. The van der Waals surface area contributed by atoms with Crippen molar-refractivity contribution in [1.29, 1.82) is 0 Å². The van der Waals surface area contributed by atoms with Crippen LogP contribution in [0.25, 0.3) is 0 Å². The predicted octanol–water partition coefficient (Wildman–Crippen LogP) is 2.39. The number of hydrogen-bond donors (Lipinski definition) is 1. The average molecular weight is 333 g/mol. The van der Waals surface area contributed by atoms with Crippen molar-refractivity contribution in [2.45, 2.75) is 51.2 Å². The first-order valence-electron chi connectivity index (χ1n) is 9.11. The van der Waals surface area contributed by atoms with Crippen LogP contribution in [0.2, 0.25) is 0 Å². The van der Waals surface area contributed by atoms with Crippen molar-refractivity contribution in [2.24, 2.45) is 0 Å². The molecule has 2 aliphatic heterocycles. The van der Waals surface area contributed by atoms with E-state index in [4.69, 9.17) is 0 Å². The molecule has 2 fully saturated rings. The number of carbonyl (C=O) groups excluding carboxylic acids is 1. The highest BCUT2D eigenvalue weighted by molar-refractivity contribution is 5.76. The number of benzene rings is 1. The standard InChI is InChI=1S/C19H28FN3O/c1-15-6-4-5-10-23(15)17-13-22(14-17)11-9-19(24)21-12-16-7-2-3-8-18(16)20/h2-3,7-8,15,17H,4-6,9-14H2,1H3,(H,21,24). The Kier molecular flexibility index (Phi) is 5.85. The van der Waals surface area contributed by atoms with E-state index in [0.29, 0.717) is 24.1 Å². The van der Waals surface area contributed by atoms with E-state index in [0.717, 1.165) is 19.6 Å². The van der Waals surface area contributed by atoms with Crippen LogP contribution in [0.15, 0.2) is 24.3 Å². The molecule has 0 aromatic heterocycles. The molecule has 0 spiro atoms. The lowest BCUT2D eigenvalue weighted by molar-refractivity contribution is -0.122. The number of nitrogens with zero attached hydrogens (tertiary/aromatic N) is 2. The lowest BCUT2D eigenvalue weighted by Crippen LogP contribution is -2.62. The molecule has 0 radical (unpaired) electrons. The first-order valence-corrected chi connectivity index (χ1v) is 9.11. The molecule has 1 aromatic carbocycles. The molecule has 1 unspecified atom stereocenters. The van der Waals surface area contributed by atoms with Crippen LogP contribution >= 0.6 is 0 Å². The molecule has 1 amide bonds. The summed E-state index contributed by atoms with van der Waals surface area (Å²) >= 11 is 0. The number of amides is 1. The molecule has 3 rings (SSSR count). The molecule has 1 aromatic rings. The summed E-state index contributed by atoms with van der Waals surface area (Å²) in [5.74, 6) is -0.271. The Labute approximate surface area is 144 Å². The number of hydrogen-bond acceptors (Lipinski definition) is 3. The van der Waals surface area contributed by atoms with Crippen LogP contribution in [0.4, 0.5) is 4.39 Å². The number of likely N-dealkylation sites (tertiary alicyclic amines) is 2. The molecule has 0 saturated carbocycles. The maximum atomic E-state index is 13.5. The molecule has 2 saturated heterocycles. The third-order valence-electron chi connectivity index (χ3n) is 5.35. The monoisotopic (exact) mass is 333 g/mol. The zero-order valence-corrected chi connectivity index (χ0v) is 14.5. The van der Waals surface area contributed by atoms with E-state index in [1.165, 1.54) is 31.9 Å². The quantitative estimate of drug-likeness (QED) is 0.868. The van der Waals surface area contributed by atoms with Gasteiger partial charge in [-0.3, -0.25) is 14.6 Å². The highest BCUT2D eigenvalue weighted by Gasteiger charge is 2.34. The van der Waals surface area contributed by atoms with Gasteiger partial charge in [0.1, 0.15) is 5.82 Å². The van der Waals surface area contributed by atoms with E-state index in [-0.39, 0.29) is 18.3 Å². The minimum absolute atomic E-state index is 0.00644. The van der Waals surface area contributed by atoms with Crippen molar-refractivity contribution in [1.82, 2.24) is 15.1 Å². The van der Waals surface area contributed by atoms with Crippen LogP contribution < -0.4 is 5.32 Å². The maximum Gasteiger partial charge on any atom is 0.221 e. The van der Waals surface area contributed by atoms with E-state index >= 15 is 0 Å². The van der Waals surface area contributed by atoms with Gasteiger partial charge in [0.15, 0.2) is 0 Å². The van der Waals surface area contributed by atoms with Gasteiger partial charge in [0.2, 0.25) is 5.91 Å². The lowest BCUT2D eigenvalue weighted by Gasteiger charge is -2.49. The van der Waals surface area contributed by atoms with Gasteiger partial charge < -0.3 is 5.32 Å². The van der Waals surface area contributed by atoms with Crippen LogP contribution in [0.5, 0.6) is 0 Å². The maximum absolute atomic E-state index is 13.5. The molecule has 2 aliphatic rings. The summed E-state index contributed by atoms with van der Waals surface area (Å²) in [5, 5.41) is 2.81. The number of nitrogens with one attached hydrogen (secondary N) is 1. The zero-order chi connectivity index (χ0) is 16.9. The van der Waals surface area contributed by atoms with Crippen LogP contribution in [0, 0.1) is 5.82 Å². The summed E-state index contributed by atoms with van der Waals surface area (Å²) in [6, 6.07) is 7.94. The van der Waals surface area contributed by atoms with Gasteiger partial charge in [0, 0.05) is 50.2 Å². The fourth-order valence-electron chi connectivity index (χ4n) is 3.78. The molecule has 5 heteroatoms. The van der Waals surface area contributed by atoms with Crippen LogP contribution in [0.1, 0.15) is 38.2 Å². The van der Waals surface area contributed by atoms with Gasteiger partial charge in [-0.15, -0.1) is 0 Å². The molecular formula is C19H28FN3O. The van der Waals surface area contributed by atoms with Crippen molar-refractivity contribution < 1.29 is 9.18 Å². The lowest BCUT2D eigenvalue weighted by atomic mass is 9.97. The van der Waals surface area contributed by atoms with Crippen molar-refractivity contribution in [2.75, 3.05) is 26.2 Å². The van der Waals surface area contributed by atoms with E-state index in [1.54, 1.807) is 18.2 Å².